The first-order valence-corrected chi connectivity index (χ1v) is 7.35. The molecular formula is C17H24O2. The minimum Gasteiger partial charge on any atom is -0.377 e. The predicted octanol–water partition coefficient (Wildman–Crippen LogP) is 3.74. The number of hydrogen-bond acceptors (Lipinski definition) is 2. The van der Waals surface area contributed by atoms with Crippen LogP contribution in [0.4, 0.5) is 0 Å². The molecule has 2 unspecified atom stereocenters. The quantitative estimate of drug-likeness (QED) is 0.806. The zero-order valence-corrected chi connectivity index (χ0v) is 12.2. The van der Waals surface area contributed by atoms with E-state index in [9.17, 15) is 4.79 Å². The van der Waals surface area contributed by atoms with Gasteiger partial charge in [0.05, 0.1) is 6.10 Å². The van der Waals surface area contributed by atoms with Crippen LogP contribution in [-0.4, -0.2) is 18.5 Å². The molecular weight excluding hydrogens is 236 g/mol. The fourth-order valence-electron chi connectivity index (χ4n) is 2.77. The van der Waals surface area contributed by atoms with Crippen molar-refractivity contribution in [3.8, 4) is 0 Å². The van der Waals surface area contributed by atoms with E-state index in [0.29, 0.717) is 18.1 Å². The van der Waals surface area contributed by atoms with Crippen LogP contribution < -0.4 is 0 Å². The third-order valence-electron chi connectivity index (χ3n) is 4.05. The van der Waals surface area contributed by atoms with Crippen molar-refractivity contribution in [2.24, 2.45) is 5.92 Å². The van der Waals surface area contributed by atoms with Crippen molar-refractivity contribution in [1.29, 1.82) is 0 Å². The van der Waals surface area contributed by atoms with Gasteiger partial charge in [0.25, 0.3) is 0 Å². The van der Waals surface area contributed by atoms with Gasteiger partial charge in [-0.05, 0) is 29.9 Å². The summed E-state index contributed by atoms with van der Waals surface area (Å²) in [6, 6.07) is 8.44. The summed E-state index contributed by atoms with van der Waals surface area (Å²) in [4.78, 5) is 12.3. The Hall–Kier alpha value is -1.15. The first-order chi connectivity index (χ1) is 9.11. The molecule has 2 rings (SSSR count). The summed E-state index contributed by atoms with van der Waals surface area (Å²) in [5.74, 6) is 0.980. The van der Waals surface area contributed by atoms with Gasteiger partial charge in [-0.15, -0.1) is 0 Å². The first-order valence-electron chi connectivity index (χ1n) is 7.35. The van der Waals surface area contributed by atoms with Crippen molar-refractivity contribution in [2.45, 2.75) is 52.1 Å². The summed E-state index contributed by atoms with van der Waals surface area (Å²) < 4.78 is 5.60. The minimum absolute atomic E-state index is 0.106. The van der Waals surface area contributed by atoms with Crippen molar-refractivity contribution in [3.63, 3.8) is 0 Å². The molecule has 2 nitrogen and oxygen atoms in total. The number of hydrogen-bond donors (Lipinski definition) is 0. The molecule has 0 bridgehead atoms. The van der Waals surface area contributed by atoms with Gasteiger partial charge in [0, 0.05) is 18.9 Å². The van der Waals surface area contributed by atoms with Gasteiger partial charge in [-0.3, -0.25) is 4.79 Å². The van der Waals surface area contributed by atoms with Gasteiger partial charge < -0.3 is 4.74 Å². The molecule has 0 spiro atoms. The topological polar surface area (TPSA) is 26.3 Å². The molecule has 1 saturated heterocycles. The SMILES string of the molecule is CCC1OCCC1C(=O)Cc1ccc(C(C)C)cc1. The zero-order valence-electron chi connectivity index (χ0n) is 12.2. The average Bonchev–Trinajstić information content (AvgIpc) is 2.87. The Kier molecular flexibility index (Phi) is 4.76. The summed E-state index contributed by atoms with van der Waals surface area (Å²) in [7, 11) is 0. The Bertz CT molecular complexity index is 419. The highest BCUT2D eigenvalue weighted by Gasteiger charge is 2.32. The monoisotopic (exact) mass is 260 g/mol. The van der Waals surface area contributed by atoms with E-state index in [1.807, 2.05) is 0 Å². The second kappa shape index (κ2) is 6.33. The number of benzene rings is 1. The average molecular weight is 260 g/mol. The lowest BCUT2D eigenvalue weighted by atomic mass is 9.90. The summed E-state index contributed by atoms with van der Waals surface area (Å²) in [5.41, 5.74) is 2.45. The van der Waals surface area contributed by atoms with E-state index in [0.717, 1.165) is 25.0 Å². The van der Waals surface area contributed by atoms with Crippen molar-refractivity contribution in [1.82, 2.24) is 0 Å². The summed E-state index contributed by atoms with van der Waals surface area (Å²) in [6.45, 7) is 7.19. The second-order valence-electron chi connectivity index (χ2n) is 5.75. The van der Waals surface area contributed by atoms with E-state index in [4.69, 9.17) is 4.74 Å². The summed E-state index contributed by atoms with van der Waals surface area (Å²) in [5, 5.41) is 0. The lowest BCUT2D eigenvalue weighted by molar-refractivity contribution is -0.123. The molecule has 1 aliphatic heterocycles. The Labute approximate surface area is 116 Å². The first kappa shape index (κ1) is 14.3. The van der Waals surface area contributed by atoms with Gasteiger partial charge in [0.1, 0.15) is 5.78 Å². The third kappa shape index (κ3) is 3.44. The highest BCUT2D eigenvalue weighted by molar-refractivity contribution is 5.84. The molecule has 0 amide bonds. The van der Waals surface area contributed by atoms with Gasteiger partial charge in [-0.2, -0.15) is 0 Å². The van der Waals surface area contributed by atoms with E-state index in [-0.39, 0.29) is 12.0 Å². The molecule has 19 heavy (non-hydrogen) atoms. The van der Waals surface area contributed by atoms with Crippen LogP contribution in [-0.2, 0) is 16.0 Å². The molecule has 0 radical (unpaired) electrons. The van der Waals surface area contributed by atoms with Crippen LogP contribution in [0.25, 0.3) is 0 Å². The van der Waals surface area contributed by atoms with Crippen molar-refractivity contribution >= 4 is 5.78 Å². The van der Waals surface area contributed by atoms with Crippen molar-refractivity contribution in [3.05, 3.63) is 35.4 Å². The van der Waals surface area contributed by atoms with E-state index in [1.165, 1.54) is 5.56 Å². The molecule has 2 heteroatoms. The van der Waals surface area contributed by atoms with Crippen LogP contribution in [0, 0.1) is 5.92 Å². The lowest BCUT2D eigenvalue weighted by Crippen LogP contribution is -2.25. The Morgan fingerprint density at radius 1 is 1.32 bits per heavy atom. The molecule has 104 valence electrons. The molecule has 1 heterocycles. The minimum atomic E-state index is 0.106. The van der Waals surface area contributed by atoms with Gasteiger partial charge in [-0.25, -0.2) is 0 Å². The molecule has 0 aromatic heterocycles. The number of carbonyl (C=O) groups excluding carboxylic acids is 1. The Morgan fingerprint density at radius 2 is 2.00 bits per heavy atom. The molecule has 1 aromatic rings. The largest absolute Gasteiger partial charge is 0.377 e. The van der Waals surface area contributed by atoms with Crippen LogP contribution in [0.1, 0.15) is 50.7 Å². The van der Waals surface area contributed by atoms with Crippen molar-refractivity contribution in [2.75, 3.05) is 6.61 Å². The second-order valence-corrected chi connectivity index (χ2v) is 5.75. The van der Waals surface area contributed by atoms with Crippen LogP contribution in [0.2, 0.25) is 0 Å². The molecule has 0 N–H and O–H groups in total. The maximum absolute atomic E-state index is 12.3. The van der Waals surface area contributed by atoms with Crippen LogP contribution in [0.15, 0.2) is 24.3 Å². The zero-order chi connectivity index (χ0) is 13.8. The molecule has 1 aliphatic rings. The summed E-state index contributed by atoms with van der Waals surface area (Å²) >= 11 is 0. The van der Waals surface area contributed by atoms with Gasteiger partial charge in [0.2, 0.25) is 0 Å². The van der Waals surface area contributed by atoms with Crippen LogP contribution in [0.5, 0.6) is 0 Å². The van der Waals surface area contributed by atoms with Gasteiger partial charge in [0.15, 0.2) is 0 Å². The normalized spacial score (nSPS) is 22.9. The number of Topliss-reactive ketones (excluding diaryl/α,β-unsaturated/α-hetero) is 1. The number of carbonyl (C=O) groups is 1. The van der Waals surface area contributed by atoms with Gasteiger partial charge in [-0.1, -0.05) is 45.0 Å². The van der Waals surface area contributed by atoms with Crippen molar-refractivity contribution < 1.29 is 9.53 Å². The Morgan fingerprint density at radius 3 is 2.58 bits per heavy atom. The highest BCUT2D eigenvalue weighted by Crippen LogP contribution is 2.25. The summed E-state index contributed by atoms with van der Waals surface area (Å²) in [6.07, 6.45) is 2.51. The number of rotatable bonds is 5. The van der Waals surface area contributed by atoms with Gasteiger partial charge >= 0.3 is 0 Å². The molecule has 0 aliphatic carbocycles. The number of ketones is 1. The smallest absolute Gasteiger partial charge is 0.143 e. The fraction of sp³-hybridized carbons (Fsp3) is 0.588. The number of ether oxygens (including phenoxy) is 1. The molecule has 0 saturated carbocycles. The third-order valence-corrected chi connectivity index (χ3v) is 4.05. The molecule has 1 fully saturated rings. The maximum Gasteiger partial charge on any atom is 0.143 e. The van der Waals surface area contributed by atoms with E-state index in [2.05, 4.69) is 45.0 Å². The van der Waals surface area contributed by atoms with E-state index < -0.39 is 0 Å². The van der Waals surface area contributed by atoms with Crippen LogP contribution in [0.3, 0.4) is 0 Å². The molecule has 2 atom stereocenters. The van der Waals surface area contributed by atoms with Crippen LogP contribution >= 0.6 is 0 Å². The molecule has 1 aromatic carbocycles. The lowest BCUT2D eigenvalue weighted by Gasteiger charge is -2.15. The fourth-order valence-corrected chi connectivity index (χ4v) is 2.77. The standard InChI is InChI=1S/C17H24O2/c1-4-17-15(9-10-19-17)16(18)11-13-5-7-14(8-6-13)12(2)3/h5-8,12,15,17H,4,9-11H2,1-3H3. The highest BCUT2D eigenvalue weighted by atomic mass is 16.5. The predicted molar refractivity (Wildman–Crippen MR) is 77.4 cm³/mol. The Balaban J connectivity index is 1.98. The maximum atomic E-state index is 12.3. The van der Waals surface area contributed by atoms with E-state index in [1.54, 1.807) is 0 Å². The van der Waals surface area contributed by atoms with E-state index >= 15 is 0 Å².